The normalized spacial score (nSPS) is 10.5. The highest BCUT2D eigenvalue weighted by Crippen LogP contribution is 2.21. The molecule has 2 rings (SSSR count). The standard InChI is InChI=1S/C13H16N2O2/c1-3-10-5-4-6-12(7-10)17-13-15-11(8-14-2)9-16-13/h4-7,9,14H,3,8H2,1-2H3. The van der Waals surface area contributed by atoms with Crippen molar-refractivity contribution in [3.05, 3.63) is 41.8 Å². The maximum Gasteiger partial charge on any atom is 0.399 e. The van der Waals surface area contributed by atoms with E-state index in [2.05, 4.69) is 23.3 Å². The van der Waals surface area contributed by atoms with Crippen molar-refractivity contribution in [2.75, 3.05) is 7.05 Å². The van der Waals surface area contributed by atoms with Crippen LogP contribution in [0.4, 0.5) is 0 Å². The molecule has 1 N–H and O–H groups in total. The second-order valence-corrected chi connectivity index (χ2v) is 3.74. The lowest BCUT2D eigenvalue weighted by Gasteiger charge is -2.02. The molecule has 4 nitrogen and oxygen atoms in total. The molecule has 0 aliphatic heterocycles. The minimum absolute atomic E-state index is 0.281. The molecule has 0 saturated carbocycles. The first-order chi connectivity index (χ1) is 8.31. The predicted molar refractivity (Wildman–Crippen MR) is 65.2 cm³/mol. The number of nitrogens with zero attached hydrogens (tertiary/aromatic N) is 1. The van der Waals surface area contributed by atoms with E-state index in [1.165, 1.54) is 5.56 Å². The molecule has 2 aromatic rings. The number of ether oxygens (including phenoxy) is 1. The van der Waals surface area contributed by atoms with E-state index < -0.39 is 0 Å². The zero-order valence-corrected chi connectivity index (χ0v) is 10.1. The number of nitrogens with one attached hydrogen (secondary N) is 1. The quantitative estimate of drug-likeness (QED) is 0.861. The van der Waals surface area contributed by atoms with Gasteiger partial charge in [-0.1, -0.05) is 19.1 Å². The average molecular weight is 232 g/mol. The lowest BCUT2D eigenvalue weighted by atomic mass is 10.2. The van der Waals surface area contributed by atoms with Crippen LogP contribution in [0.3, 0.4) is 0 Å². The minimum atomic E-state index is 0.281. The second-order valence-electron chi connectivity index (χ2n) is 3.74. The fourth-order valence-electron chi connectivity index (χ4n) is 1.53. The van der Waals surface area contributed by atoms with E-state index in [1.54, 1.807) is 6.26 Å². The Balaban J connectivity index is 2.08. The van der Waals surface area contributed by atoms with Crippen molar-refractivity contribution in [3.63, 3.8) is 0 Å². The third kappa shape index (κ3) is 3.07. The van der Waals surface area contributed by atoms with Gasteiger partial charge in [-0.25, -0.2) is 0 Å². The summed E-state index contributed by atoms with van der Waals surface area (Å²) in [5.41, 5.74) is 2.05. The van der Waals surface area contributed by atoms with Crippen LogP contribution in [0.25, 0.3) is 0 Å². The van der Waals surface area contributed by atoms with Crippen molar-refractivity contribution >= 4 is 0 Å². The highest BCUT2D eigenvalue weighted by Gasteiger charge is 2.05. The summed E-state index contributed by atoms with van der Waals surface area (Å²) in [6, 6.07) is 7.91. The second kappa shape index (κ2) is 5.50. The van der Waals surface area contributed by atoms with Crippen molar-refractivity contribution in [1.82, 2.24) is 10.3 Å². The van der Waals surface area contributed by atoms with Gasteiger partial charge in [0, 0.05) is 6.54 Å². The van der Waals surface area contributed by atoms with Crippen LogP contribution in [0.15, 0.2) is 34.9 Å². The Kier molecular flexibility index (Phi) is 3.77. The van der Waals surface area contributed by atoms with E-state index in [-0.39, 0.29) is 6.08 Å². The van der Waals surface area contributed by atoms with Crippen LogP contribution in [0.5, 0.6) is 11.8 Å². The molecule has 17 heavy (non-hydrogen) atoms. The van der Waals surface area contributed by atoms with Gasteiger partial charge in [0.1, 0.15) is 12.0 Å². The largest absolute Gasteiger partial charge is 0.417 e. The molecule has 1 aromatic carbocycles. The Labute approximate surface area is 101 Å². The lowest BCUT2D eigenvalue weighted by molar-refractivity contribution is 0.330. The smallest absolute Gasteiger partial charge is 0.399 e. The molecule has 90 valence electrons. The molecule has 0 unspecified atom stereocenters. The summed E-state index contributed by atoms with van der Waals surface area (Å²) < 4.78 is 10.8. The molecular weight excluding hydrogens is 216 g/mol. The summed E-state index contributed by atoms with van der Waals surface area (Å²) in [5, 5.41) is 3.00. The van der Waals surface area contributed by atoms with E-state index in [1.807, 2.05) is 25.2 Å². The van der Waals surface area contributed by atoms with Gasteiger partial charge in [-0.3, -0.25) is 0 Å². The fraction of sp³-hybridized carbons (Fsp3) is 0.308. The number of hydrogen-bond acceptors (Lipinski definition) is 4. The van der Waals surface area contributed by atoms with Crippen molar-refractivity contribution in [2.24, 2.45) is 0 Å². The number of benzene rings is 1. The summed E-state index contributed by atoms with van der Waals surface area (Å²) in [6.07, 6.45) is 2.85. The molecule has 1 heterocycles. The van der Waals surface area contributed by atoms with Gasteiger partial charge in [0.05, 0.1) is 5.69 Å². The Hall–Kier alpha value is -1.81. The fourth-order valence-corrected chi connectivity index (χ4v) is 1.53. The minimum Gasteiger partial charge on any atom is -0.417 e. The van der Waals surface area contributed by atoms with Crippen molar-refractivity contribution < 1.29 is 9.15 Å². The third-order valence-electron chi connectivity index (χ3n) is 2.40. The van der Waals surface area contributed by atoms with E-state index in [0.29, 0.717) is 6.54 Å². The van der Waals surface area contributed by atoms with Gasteiger partial charge in [0.2, 0.25) is 0 Å². The van der Waals surface area contributed by atoms with Crippen LogP contribution < -0.4 is 10.1 Å². The van der Waals surface area contributed by atoms with E-state index >= 15 is 0 Å². The van der Waals surface area contributed by atoms with Crippen LogP contribution >= 0.6 is 0 Å². The van der Waals surface area contributed by atoms with Crippen LogP contribution in [-0.4, -0.2) is 12.0 Å². The van der Waals surface area contributed by atoms with Gasteiger partial charge < -0.3 is 14.5 Å². The molecule has 0 aliphatic rings. The SMILES string of the molecule is CCc1cccc(Oc2nc(CNC)co2)c1. The molecule has 4 heteroatoms. The van der Waals surface area contributed by atoms with Gasteiger partial charge in [0.25, 0.3) is 0 Å². The molecular formula is C13H16N2O2. The Morgan fingerprint density at radius 1 is 1.41 bits per heavy atom. The topological polar surface area (TPSA) is 47.3 Å². The van der Waals surface area contributed by atoms with Gasteiger partial charge >= 0.3 is 6.08 Å². The summed E-state index contributed by atoms with van der Waals surface area (Å²) in [7, 11) is 1.86. The monoisotopic (exact) mass is 232 g/mol. The van der Waals surface area contributed by atoms with Gasteiger partial charge in [-0.15, -0.1) is 0 Å². The van der Waals surface area contributed by atoms with Crippen LogP contribution in [0, 0.1) is 0 Å². The summed E-state index contributed by atoms with van der Waals surface area (Å²) in [4.78, 5) is 4.20. The Morgan fingerprint density at radius 2 is 2.29 bits per heavy atom. The van der Waals surface area contributed by atoms with E-state index in [4.69, 9.17) is 9.15 Å². The number of hydrogen-bond donors (Lipinski definition) is 1. The zero-order valence-electron chi connectivity index (χ0n) is 10.1. The number of rotatable bonds is 5. The van der Waals surface area contributed by atoms with Crippen molar-refractivity contribution in [3.8, 4) is 11.8 Å². The first kappa shape index (κ1) is 11.7. The van der Waals surface area contributed by atoms with E-state index in [0.717, 1.165) is 17.9 Å². The maximum atomic E-state index is 5.54. The van der Waals surface area contributed by atoms with Gasteiger partial charge in [0.15, 0.2) is 0 Å². The summed E-state index contributed by atoms with van der Waals surface area (Å²) >= 11 is 0. The molecule has 0 fully saturated rings. The van der Waals surface area contributed by atoms with E-state index in [9.17, 15) is 0 Å². The summed E-state index contributed by atoms with van der Waals surface area (Å²) in [5.74, 6) is 0.752. The molecule has 0 bridgehead atoms. The molecule has 0 spiro atoms. The Morgan fingerprint density at radius 3 is 3.06 bits per heavy atom. The highest BCUT2D eigenvalue weighted by molar-refractivity contribution is 5.30. The van der Waals surface area contributed by atoms with Gasteiger partial charge in [-0.05, 0) is 31.2 Å². The van der Waals surface area contributed by atoms with Crippen molar-refractivity contribution in [2.45, 2.75) is 19.9 Å². The highest BCUT2D eigenvalue weighted by atomic mass is 16.6. The van der Waals surface area contributed by atoms with Crippen LogP contribution in [0.1, 0.15) is 18.2 Å². The van der Waals surface area contributed by atoms with Crippen LogP contribution in [0.2, 0.25) is 0 Å². The zero-order chi connectivity index (χ0) is 12.1. The maximum absolute atomic E-state index is 5.54. The van der Waals surface area contributed by atoms with Gasteiger partial charge in [-0.2, -0.15) is 4.98 Å². The first-order valence-electron chi connectivity index (χ1n) is 5.67. The molecule has 0 amide bonds. The number of oxazole rings is 1. The van der Waals surface area contributed by atoms with Crippen LogP contribution in [-0.2, 0) is 13.0 Å². The third-order valence-corrected chi connectivity index (χ3v) is 2.40. The number of aryl methyl sites for hydroxylation is 1. The molecule has 0 radical (unpaired) electrons. The molecule has 0 saturated heterocycles. The Bertz CT molecular complexity index is 480. The van der Waals surface area contributed by atoms with Crippen molar-refractivity contribution in [1.29, 1.82) is 0 Å². The lowest BCUT2D eigenvalue weighted by Crippen LogP contribution is -2.04. The summed E-state index contributed by atoms with van der Waals surface area (Å²) in [6.45, 7) is 2.77. The molecule has 1 aromatic heterocycles. The first-order valence-corrected chi connectivity index (χ1v) is 5.67. The number of aromatic nitrogens is 1. The molecule has 0 aliphatic carbocycles. The molecule has 0 atom stereocenters. The predicted octanol–water partition coefficient (Wildman–Crippen LogP) is 2.75. The average Bonchev–Trinajstić information content (AvgIpc) is 2.77.